The molecule has 0 saturated carbocycles. The maximum absolute atomic E-state index is 14.1. The lowest BCUT2D eigenvalue weighted by Crippen LogP contribution is -2.45. The molecule has 2 aromatic heterocycles. The Balaban J connectivity index is 1.64. The number of imide groups is 1. The highest BCUT2D eigenvalue weighted by Gasteiger charge is 2.40. The van der Waals surface area contributed by atoms with Gasteiger partial charge in [0, 0.05) is 6.42 Å². The van der Waals surface area contributed by atoms with Crippen LogP contribution in [0.25, 0.3) is 5.57 Å². The van der Waals surface area contributed by atoms with Gasteiger partial charge in [-0.1, -0.05) is 6.08 Å². The molecule has 236 valence electrons. The number of esters is 1. The third-order valence-corrected chi connectivity index (χ3v) is 6.76. The van der Waals surface area contributed by atoms with Gasteiger partial charge in [-0.15, -0.1) is 0 Å². The summed E-state index contributed by atoms with van der Waals surface area (Å²) >= 11 is 0. The lowest BCUT2D eigenvalue weighted by Gasteiger charge is -2.29. The van der Waals surface area contributed by atoms with E-state index in [4.69, 9.17) is 18.9 Å². The summed E-state index contributed by atoms with van der Waals surface area (Å²) < 4.78 is 21.5. The Labute approximate surface area is 256 Å². The number of amides is 3. The molecule has 1 aliphatic heterocycles. The Kier molecular flexibility index (Phi) is 9.55. The Morgan fingerprint density at radius 1 is 1.02 bits per heavy atom. The Morgan fingerprint density at radius 2 is 1.70 bits per heavy atom. The maximum Gasteiger partial charge on any atom is 0.425 e. The highest BCUT2D eigenvalue weighted by molar-refractivity contribution is 6.17. The van der Waals surface area contributed by atoms with E-state index >= 15 is 0 Å². The molecule has 3 heterocycles. The Morgan fingerprint density at radius 3 is 2.25 bits per heavy atom. The number of rotatable bonds is 5. The van der Waals surface area contributed by atoms with Crippen molar-refractivity contribution < 1.29 is 38.1 Å². The van der Waals surface area contributed by atoms with Gasteiger partial charge in [0.05, 0.1) is 31.2 Å². The summed E-state index contributed by atoms with van der Waals surface area (Å²) in [6.45, 7) is 10.1. The van der Waals surface area contributed by atoms with Crippen molar-refractivity contribution in [3.8, 4) is 5.88 Å². The number of aromatic nitrogens is 3. The van der Waals surface area contributed by atoms with Crippen molar-refractivity contribution in [1.29, 1.82) is 0 Å². The van der Waals surface area contributed by atoms with Crippen molar-refractivity contribution in [3.05, 3.63) is 42.0 Å². The van der Waals surface area contributed by atoms with Crippen molar-refractivity contribution >= 4 is 41.1 Å². The molecule has 2 aromatic rings. The molecular formula is C31H39N5O8. The number of anilines is 2. The van der Waals surface area contributed by atoms with E-state index < -0.39 is 29.3 Å². The fourth-order valence-electron chi connectivity index (χ4n) is 4.77. The molecule has 13 nitrogen and oxygen atoms in total. The third-order valence-electron chi connectivity index (χ3n) is 6.76. The number of ether oxygens (including phenoxy) is 4. The van der Waals surface area contributed by atoms with Crippen LogP contribution in [0.3, 0.4) is 0 Å². The van der Waals surface area contributed by atoms with Gasteiger partial charge in [-0.25, -0.2) is 19.6 Å². The molecule has 0 spiro atoms. The number of nitrogens with zero attached hydrogens (tertiary/aromatic N) is 5. The zero-order chi connectivity index (χ0) is 32.2. The van der Waals surface area contributed by atoms with Gasteiger partial charge in [0.15, 0.2) is 5.82 Å². The first kappa shape index (κ1) is 32.4. The largest absolute Gasteiger partial charge is 0.475 e. The monoisotopic (exact) mass is 609 g/mol. The summed E-state index contributed by atoms with van der Waals surface area (Å²) in [5, 5.41) is 0. The normalized spacial score (nSPS) is 17.0. The van der Waals surface area contributed by atoms with Crippen molar-refractivity contribution in [3.63, 3.8) is 0 Å². The fourth-order valence-corrected chi connectivity index (χ4v) is 4.77. The molecule has 0 N–H and O–H groups in total. The molecule has 3 amide bonds. The van der Waals surface area contributed by atoms with Crippen LogP contribution >= 0.6 is 0 Å². The molecule has 1 aliphatic carbocycles. The van der Waals surface area contributed by atoms with Crippen LogP contribution in [0.1, 0.15) is 83.3 Å². The molecule has 0 bridgehead atoms. The van der Waals surface area contributed by atoms with E-state index in [0.717, 1.165) is 36.9 Å². The van der Waals surface area contributed by atoms with Crippen molar-refractivity contribution in [2.24, 2.45) is 5.92 Å². The first-order valence-corrected chi connectivity index (χ1v) is 14.4. The smallest absolute Gasteiger partial charge is 0.425 e. The van der Waals surface area contributed by atoms with Crippen LogP contribution in [0.2, 0.25) is 0 Å². The molecule has 4 rings (SSSR count). The van der Waals surface area contributed by atoms with Crippen LogP contribution in [0.5, 0.6) is 5.88 Å². The average Bonchev–Trinajstić information content (AvgIpc) is 3.10. The molecular weight excluding hydrogens is 570 g/mol. The SMILES string of the molecule is COC(=O)CC1CC=C(c2ccc(N3CCOc4ncnc(N(C(=O)OC(C)(C)C)C(=O)OC(C)(C)C)c4C3=O)cn2)CC1. The van der Waals surface area contributed by atoms with E-state index in [1.54, 1.807) is 53.8 Å². The fraction of sp³-hybridized carbons (Fsp3) is 0.516. The quantitative estimate of drug-likeness (QED) is 0.319. The number of methoxy groups -OCH3 is 1. The standard InChI is InChI=1S/C31H39N5O8/c1-30(2,3)43-28(39)36(29(40)44-31(4,5)6)25-24-26(34-18-33-25)42-15-14-35(27(24)38)21-12-13-22(32-17-21)20-10-8-19(9-11-20)16-23(37)41-7/h10,12-13,17-19H,8-9,11,14-16H2,1-7H3. The molecule has 1 atom stereocenters. The molecule has 13 heteroatoms. The average molecular weight is 610 g/mol. The first-order valence-electron chi connectivity index (χ1n) is 14.4. The maximum atomic E-state index is 14.1. The van der Waals surface area contributed by atoms with Gasteiger partial charge in [-0.2, -0.15) is 4.90 Å². The number of pyridine rings is 1. The Hall–Kier alpha value is -4.55. The van der Waals surface area contributed by atoms with E-state index in [1.807, 2.05) is 6.07 Å². The number of carbonyl (C=O) groups is 4. The number of fused-ring (bicyclic) bond motifs is 1. The third kappa shape index (κ3) is 7.88. The Bertz CT molecular complexity index is 1410. The van der Waals surface area contributed by atoms with Gasteiger partial charge in [0.1, 0.15) is 29.7 Å². The zero-order valence-corrected chi connectivity index (χ0v) is 26.2. The highest BCUT2D eigenvalue weighted by atomic mass is 16.6. The van der Waals surface area contributed by atoms with Gasteiger partial charge in [0.2, 0.25) is 5.88 Å². The minimum Gasteiger partial charge on any atom is -0.475 e. The molecule has 44 heavy (non-hydrogen) atoms. The number of carbonyl (C=O) groups excluding carboxylic acids is 4. The van der Waals surface area contributed by atoms with Crippen LogP contribution < -0.4 is 14.5 Å². The zero-order valence-electron chi connectivity index (χ0n) is 26.2. The summed E-state index contributed by atoms with van der Waals surface area (Å²) in [6, 6.07) is 3.60. The summed E-state index contributed by atoms with van der Waals surface area (Å²) in [7, 11) is 1.39. The van der Waals surface area contributed by atoms with E-state index in [1.165, 1.54) is 12.0 Å². The van der Waals surface area contributed by atoms with Gasteiger partial charge in [0.25, 0.3) is 5.91 Å². The molecule has 2 aliphatic rings. The van der Waals surface area contributed by atoms with Gasteiger partial charge in [-0.05, 0) is 84.4 Å². The first-order chi connectivity index (χ1) is 20.7. The molecule has 0 radical (unpaired) electrons. The second-order valence-corrected chi connectivity index (χ2v) is 12.5. The minimum atomic E-state index is -1.07. The predicted molar refractivity (Wildman–Crippen MR) is 160 cm³/mol. The van der Waals surface area contributed by atoms with Crippen molar-refractivity contribution in [1.82, 2.24) is 15.0 Å². The number of hydrogen-bond donors (Lipinski definition) is 0. The van der Waals surface area contributed by atoms with Crippen LogP contribution in [0.4, 0.5) is 21.1 Å². The highest BCUT2D eigenvalue weighted by Crippen LogP contribution is 2.34. The number of hydrogen-bond acceptors (Lipinski definition) is 11. The van der Waals surface area contributed by atoms with Crippen LogP contribution in [0, 0.1) is 5.92 Å². The van der Waals surface area contributed by atoms with E-state index in [9.17, 15) is 19.2 Å². The van der Waals surface area contributed by atoms with E-state index in [-0.39, 0.29) is 42.3 Å². The van der Waals surface area contributed by atoms with Crippen molar-refractivity contribution in [2.45, 2.75) is 78.4 Å². The summed E-state index contributed by atoms with van der Waals surface area (Å²) in [5.74, 6) is -0.984. The number of allylic oxidation sites excluding steroid dienone is 2. The minimum absolute atomic E-state index is 0.0851. The van der Waals surface area contributed by atoms with Gasteiger partial charge >= 0.3 is 18.2 Å². The lowest BCUT2D eigenvalue weighted by molar-refractivity contribution is -0.141. The second-order valence-electron chi connectivity index (χ2n) is 12.5. The molecule has 0 aromatic carbocycles. The van der Waals surface area contributed by atoms with Crippen LogP contribution in [-0.2, 0) is 19.0 Å². The summed E-state index contributed by atoms with van der Waals surface area (Å²) in [6.07, 6.45) is 5.38. The van der Waals surface area contributed by atoms with E-state index in [0.29, 0.717) is 17.0 Å². The molecule has 1 unspecified atom stereocenters. The van der Waals surface area contributed by atoms with Crippen molar-refractivity contribution in [2.75, 3.05) is 30.1 Å². The van der Waals surface area contributed by atoms with Gasteiger partial charge < -0.3 is 23.8 Å². The van der Waals surface area contributed by atoms with E-state index in [2.05, 4.69) is 21.0 Å². The molecule has 0 fully saturated rings. The van der Waals surface area contributed by atoms with Crippen LogP contribution in [-0.4, -0.2) is 70.5 Å². The second kappa shape index (κ2) is 13.0. The topological polar surface area (TPSA) is 150 Å². The summed E-state index contributed by atoms with van der Waals surface area (Å²) in [4.78, 5) is 67.3. The van der Waals surface area contributed by atoms with Crippen LogP contribution in [0.15, 0.2) is 30.7 Å². The molecule has 0 saturated heterocycles. The summed E-state index contributed by atoms with van der Waals surface area (Å²) in [5.41, 5.74) is 0.196. The van der Waals surface area contributed by atoms with Gasteiger partial charge in [-0.3, -0.25) is 14.6 Å². The lowest BCUT2D eigenvalue weighted by atomic mass is 9.86. The predicted octanol–water partition coefficient (Wildman–Crippen LogP) is 5.33.